The second kappa shape index (κ2) is 5.42. The van der Waals surface area contributed by atoms with Gasteiger partial charge in [-0.25, -0.2) is 17.9 Å². The highest BCUT2D eigenvalue weighted by atomic mass is 79.9. The van der Waals surface area contributed by atoms with Gasteiger partial charge in [-0.3, -0.25) is 4.79 Å². The Morgan fingerprint density at radius 2 is 2.15 bits per heavy atom. The molecule has 1 atom stereocenters. The van der Waals surface area contributed by atoms with Gasteiger partial charge in [-0.2, -0.15) is 0 Å². The number of carbonyl (C=O) groups excluding carboxylic acids is 1. The summed E-state index contributed by atoms with van der Waals surface area (Å²) in [6.07, 6.45) is 0.851. The van der Waals surface area contributed by atoms with Crippen LogP contribution in [0.3, 0.4) is 0 Å². The molecule has 20 heavy (non-hydrogen) atoms. The Kier molecular flexibility index (Phi) is 4.17. The molecule has 0 aromatic heterocycles. The minimum Gasteiger partial charge on any atom is -0.338 e. The first-order valence-corrected chi connectivity index (χ1v) is 8.35. The van der Waals surface area contributed by atoms with Gasteiger partial charge in [0.15, 0.2) is 5.82 Å². The van der Waals surface area contributed by atoms with Crippen molar-refractivity contribution in [3.63, 3.8) is 0 Å². The summed E-state index contributed by atoms with van der Waals surface area (Å²) < 4.78 is 37.2. The van der Waals surface area contributed by atoms with Crippen LogP contribution in [0, 0.1) is 11.7 Å². The van der Waals surface area contributed by atoms with Gasteiger partial charge in [0.1, 0.15) is 4.90 Å². The fraction of sp³-hybridized carbons (Fsp3) is 0.417. The summed E-state index contributed by atoms with van der Waals surface area (Å²) in [5.41, 5.74) is -0.280. The monoisotopic (exact) mass is 364 g/mol. The van der Waals surface area contributed by atoms with Gasteiger partial charge >= 0.3 is 0 Å². The lowest BCUT2D eigenvalue weighted by atomic mass is 10.1. The van der Waals surface area contributed by atoms with E-state index in [9.17, 15) is 17.6 Å². The number of benzene rings is 1. The summed E-state index contributed by atoms with van der Waals surface area (Å²) in [6.45, 7) is 3.08. The fourth-order valence-electron chi connectivity index (χ4n) is 2.22. The van der Waals surface area contributed by atoms with E-state index in [1.54, 1.807) is 0 Å². The Labute approximate surface area is 125 Å². The maximum absolute atomic E-state index is 14.2. The third kappa shape index (κ3) is 3.02. The minimum absolute atomic E-state index is 0.280. The predicted octanol–water partition coefficient (Wildman–Crippen LogP) is 1.72. The molecule has 0 bridgehead atoms. The van der Waals surface area contributed by atoms with E-state index in [1.165, 1.54) is 11.0 Å². The van der Waals surface area contributed by atoms with Gasteiger partial charge < -0.3 is 4.90 Å². The first-order valence-electron chi connectivity index (χ1n) is 6.01. The molecule has 1 unspecified atom stereocenters. The number of carbonyl (C=O) groups is 1. The first kappa shape index (κ1) is 15.4. The lowest BCUT2D eigenvalue weighted by Crippen LogP contribution is -2.30. The van der Waals surface area contributed by atoms with E-state index in [2.05, 4.69) is 15.9 Å². The Bertz CT molecular complexity index is 663. The first-order chi connectivity index (χ1) is 9.20. The molecule has 2 N–H and O–H groups in total. The molecule has 1 amide bonds. The molecule has 8 heteroatoms. The molecular weight excluding hydrogens is 351 g/mol. The molecule has 0 saturated carbocycles. The molecule has 1 aromatic carbocycles. The summed E-state index contributed by atoms with van der Waals surface area (Å²) in [4.78, 5) is 13.1. The van der Waals surface area contributed by atoms with Crippen molar-refractivity contribution in [2.75, 3.05) is 13.1 Å². The number of likely N-dealkylation sites (tertiary alicyclic amines) is 1. The van der Waals surface area contributed by atoms with Crippen LogP contribution in [-0.4, -0.2) is 32.3 Å². The topological polar surface area (TPSA) is 80.5 Å². The SMILES string of the molecule is CC1CCN(C(=O)c2cc(Br)cc(S(N)(=O)=O)c2F)C1. The number of halogens is 2. The van der Waals surface area contributed by atoms with Crippen molar-refractivity contribution in [3.8, 4) is 0 Å². The van der Waals surface area contributed by atoms with Gasteiger partial charge in [-0.05, 0) is 24.5 Å². The minimum atomic E-state index is -4.22. The number of hydrogen-bond acceptors (Lipinski definition) is 3. The number of amides is 1. The van der Waals surface area contributed by atoms with E-state index < -0.39 is 26.6 Å². The van der Waals surface area contributed by atoms with Crippen LogP contribution < -0.4 is 5.14 Å². The van der Waals surface area contributed by atoms with E-state index in [4.69, 9.17) is 5.14 Å². The van der Waals surface area contributed by atoms with E-state index in [0.29, 0.717) is 23.5 Å². The third-order valence-corrected chi connectivity index (χ3v) is 4.62. The van der Waals surface area contributed by atoms with Gasteiger partial charge in [0, 0.05) is 17.6 Å². The molecular formula is C12H14BrFN2O3S. The van der Waals surface area contributed by atoms with Crippen molar-refractivity contribution in [1.82, 2.24) is 4.90 Å². The van der Waals surface area contributed by atoms with E-state index in [1.807, 2.05) is 6.92 Å². The molecule has 1 heterocycles. The quantitative estimate of drug-likeness (QED) is 0.867. The summed E-state index contributed by atoms with van der Waals surface area (Å²) in [5.74, 6) is -1.26. The molecule has 1 aliphatic heterocycles. The van der Waals surface area contributed by atoms with Crippen molar-refractivity contribution in [1.29, 1.82) is 0 Å². The number of rotatable bonds is 2. The molecule has 1 saturated heterocycles. The van der Waals surface area contributed by atoms with Gasteiger partial charge in [0.2, 0.25) is 10.0 Å². The van der Waals surface area contributed by atoms with Crippen molar-refractivity contribution >= 4 is 31.9 Å². The Hall–Kier alpha value is -0.990. The standard InChI is InChI=1S/C12H14BrFN2O3S/c1-7-2-3-16(6-7)12(17)9-4-8(13)5-10(11(9)14)20(15,18)19/h4-5,7H,2-3,6H2,1H3,(H2,15,18,19). The van der Waals surface area contributed by atoms with Crippen molar-refractivity contribution in [3.05, 3.63) is 28.0 Å². The smallest absolute Gasteiger partial charge is 0.256 e. The fourth-order valence-corrected chi connectivity index (χ4v) is 3.48. The molecule has 110 valence electrons. The number of sulfonamides is 1. The molecule has 2 rings (SSSR count). The van der Waals surface area contributed by atoms with Crippen LogP contribution in [-0.2, 0) is 10.0 Å². The Morgan fingerprint density at radius 1 is 1.50 bits per heavy atom. The van der Waals surface area contributed by atoms with Crippen molar-refractivity contribution in [2.24, 2.45) is 11.1 Å². The highest BCUT2D eigenvalue weighted by molar-refractivity contribution is 9.10. The van der Waals surface area contributed by atoms with Crippen LogP contribution in [0.25, 0.3) is 0 Å². The lowest BCUT2D eigenvalue weighted by molar-refractivity contribution is 0.0782. The summed E-state index contributed by atoms with van der Waals surface area (Å²) in [6, 6.07) is 2.32. The predicted molar refractivity (Wildman–Crippen MR) is 75.2 cm³/mol. The molecule has 0 radical (unpaired) electrons. The molecule has 0 aliphatic carbocycles. The molecule has 1 fully saturated rings. The molecule has 0 spiro atoms. The summed E-state index contributed by atoms with van der Waals surface area (Å²) in [5, 5.41) is 4.96. The van der Waals surface area contributed by atoms with Crippen molar-refractivity contribution in [2.45, 2.75) is 18.2 Å². The third-order valence-electron chi connectivity index (χ3n) is 3.25. The zero-order valence-corrected chi connectivity index (χ0v) is 13.2. The van der Waals surface area contributed by atoms with Crippen molar-refractivity contribution < 1.29 is 17.6 Å². The van der Waals surface area contributed by atoms with Gasteiger partial charge in [-0.15, -0.1) is 0 Å². The highest BCUT2D eigenvalue weighted by Crippen LogP contribution is 2.26. The lowest BCUT2D eigenvalue weighted by Gasteiger charge is -2.17. The summed E-state index contributed by atoms with van der Waals surface area (Å²) >= 11 is 3.07. The summed E-state index contributed by atoms with van der Waals surface area (Å²) in [7, 11) is -4.22. The van der Waals surface area contributed by atoms with Gasteiger partial charge in [0.05, 0.1) is 5.56 Å². The molecule has 1 aromatic rings. The van der Waals surface area contributed by atoms with Crippen LogP contribution >= 0.6 is 15.9 Å². The highest BCUT2D eigenvalue weighted by Gasteiger charge is 2.29. The number of primary sulfonamides is 1. The van der Waals surface area contributed by atoms with Crippen LogP contribution in [0.15, 0.2) is 21.5 Å². The maximum Gasteiger partial charge on any atom is 0.256 e. The second-order valence-corrected chi connectivity index (χ2v) is 7.40. The van der Waals surface area contributed by atoms with E-state index in [0.717, 1.165) is 12.5 Å². The molecule has 1 aliphatic rings. The van der Waals surface area contributed by atoms with E-state index >= 15 is 0 Å². The maximum atomic E-state index is 14.2. The van der Waals surface area contributed by atoms with Crippen LogP contribution in [0.5, 0.6) is 0 Å². The van der Waals surface area contributed by atoms with Gasteiger partial charge in [0.25, 0.3) is 5.91 Å². The Balaban J connectivity index is 2.47. The molecule has 5 nitrogen and oxygen atoms in total. The zero-order chi connectivity index (χ0) is 15.1. The van der Waals surface area contributed by atoms with Crippen LogP contribution in [0.1, 0.15) is 23.7 Å². The van der Waals surface area contributed by atoms with E-state index in [-0.39, 0.29) is 5.56 Å². The number of nitrogens with two attached hydrogens (primary N) is 1. The van der Waals surface area contributed by atoms with Gasteiger partial charge in [-0.1, -0.05) is 22.9 Å². The number of hydrogen-bond donors (Lipinski definition) is 1. The zero-order valence-electron chi connectivity index (χ0n) is 10.8. The average Bonchev–Trinajstić information content (AvgIpc) is 2.76. The number of nitrogens with zero attached hydrogens (tertiary/aromatic N) is 1. The van der Waals surface area contributed by atoms with Crippen LogP contribution in [0.4, 0.5) is 4.39 Å². The Morgan fingerprint density at radius 3 is 2.65 bits per heavy atom. The average molecular weight is 365 g/mol. The van der Waals surface area contributed by atoms with Crippen LogP contribution in [0.2, 0.25) is 0 Å². The second-order valence-electron chi connectivity index (χ2n) is 4.96. The normalized spacial score (nSPS) is 19.4. The largest absolute Gasteiger partial charge is 0.338 e.